The van der Waals surface area contributed by atoms with Gasteiger partial charge in [-0.25, -0.2) is 0 Å². The van der Waals surface area contributed by atoms with Crippen molar-refractivity contribution in [2.75, 3.05) is 13.2 Å². The summed E-state index contributed by atoms with van der Waals surface area (Å²) in [5, 5.41) is 3.77. The highest BCUT2D eigenvalue weighted by Gasteiger charge is 2.48. The lowest BCUT2D eigenvalue weighted by atomic mass is 9.66. The Balaban J connectivity index is 1.73. The van der Waals surface area contributed by atoms with Crippen LogP contribution in [-0.4, -0.2) is 24.8 Å². The number of hydrogen-bond donors (Lipinski definition) is 1. The summed E-state index contributed by atoms with van der Waals surface area (Å²) >= 11 is 0. The Kier molecular flexibility index (Phi) is 2.97. The van der Waals surface area contributed by atoms with E-state index < -0.39 is 0 Å². The van der Waals surface area contributed by atoms with E-state index in [2.05, 4.69) is 12.2 Å². The number of ether oxygens (including phenoxy) is 1. The molecule has 1 spiro atoms. The lowest BCUT2D eigenvalue weighted by Gasteiger charge is -2.52. The van der Waals surface area contributed by atoms with E-state index in [1.807, 2.05) is 0 Å². The minimum absolute atomic E-state index is 0.218. The Hall–Kier alpha value is -0.0800. The average Bonchev–Trinajstić information content (AvgIpc) is 2.23. The lowest BCUT2D eigenvalue weighted by molar-refractivity contribution is -0.141. The van der Waals surface area contributed by atoms with Gasteiger partial charge in [0.15, 0.2) is 0 Å². The maximum Gasteiger partial charge on any atom is 0.0838 e. The molecule has 1 N–H and O–H groups in total. The summed E-state index contributed by atoms with van der Waals surface area (Å²) in [7, 11) is 0. The summed E-state index contributed by atoms with van der Waals surface area (Å²) < 4.78 is 6.26. The Labute approximate surface area is 99.1 Å². The molecule has 0 aromatic rings. The maximum atomic E-state index is 6.26. The zero-order valence-corrected chi connectivity index (χ0v) is 10.5. The number of morpholine rings is 1. The van der Waals surface area contributed by atoms with Crippen molar-refractivity contribution < 1.29 is 4.74 Å². The van der Waals surface area contributed by atoms with Gasteiger partial charge in [-0.3, -0.25) is 0 Å². The topological polar surface area (TPSA) is 21.3 Å². The van der Waals surface area contributed by atoms with Gasteiger partial charge in [-0.05, 0) is 50.4 Å². The van der Waals surface area contributed by atoms with Crippen molar-refractivity contribution >= 4 is 0 Å². The van der Waals surface area contributed by atoms with Crippen molar-refractivity contribution in [1.29, 1.82) is 0 Å². The Morgan fingerprint density at radius 1 is 1.12 bits per heavy atom. The third-order valence-electron chi connectivity index (χ3n) is 5.16. The molecular formula is C14H25NO. The molecule has 16 heavy (non-hydrogen) atoms. The van der Waals surface area contributed by atoms with Crippen molar-refractivity contribution in [2.45, 2.75) is 63.5 Å². The molecule has 2 nitrogen and oxygen atoms in total. The molecule has 0 aromatic heterocycles. The Morgan fingerprint density at radius 2 is 1.88 bits per heavy atom. The minimum atomic E-state index is 0.218. The third-order valence-corrected chi connectivity index (χ3v) is 5.16. The van der Waals surface area contributed by atoms with Crippen LogP contribution in [0.1, 0.15) is 51.9 Å². The van der Waals surface area contributed by atoms with Crippen LogP contribution in [0, 0.1) is 11.8 Å². The van der Waals surface area contributed by atoms with Gasteiger partial charge < -0.3 is 10.1 Å². The molecule has 0 bridgehead atoms. The molecule has 92 valence electrons. The monoisotopic (exact) mass is 223 g/mol. The van der Waals surface area contributed by atoms with E-state index in [1.54, 1.807) is 0 Å². The van der Waals surface area contributed by atoms with Crippen LogP contribution in [0.15, 0.2) is 0 Å². The molecule has 2 saturated carbocycles. The number of rotatable bonds is 1. The zero-order valence-electron chi connectivity index (χ0n) is 10.5. The van der Waals surface area contributed by atoms with E-state index >= 15 is 0 Å². The molecular weight excluding hydrogens is 198 g/mol. The van der Waals surface area contributed by atoms with Crippen molar-refractivity contribution in [3.05, 3.63) is 0 Å². The second kappa shape index (κ2) is 4.30. The highest BCUT2D eigenvalue weighted by Crippen LogP contribution is 2.44. The van der Waals surface area contributed by atoms with Gasteiger partial charge in [0.2, 0.25) is 0 Å². The van der Waals surface area contributed by atoms with Gasteiger partial charge in [0, 0.05) is 12.6 Å². The van der Waals surface area contributed by atoms with E-state index in [0.29, 0.717) is 6.04 Å². The second-order valence-corrected chi connectivity index (χ2v) is 6.22. The summed E-state index contributed by atoms with van der Waals surface area (Å²) in [6.07, 6.45) is 9.62. The zero-order chi connectivity index (χ0) is 11.0. The van der Waals surface area contributed by atoms with Gasteiger partial charge >= 0.3 is 0 Å². The molecule has 0 radical (unpaired) electrons. The van der Waals surface area contributed by atoms with E-state index in [4.69, 9.17) is 4.74 Å². The quantitative estimate of drug-likeness (QED) is 0.738. The molecule has 1 saturated heterocycles. The van der Waals surface area contributed by atoms with Crippen LogP contribution in [-0.2, 0) is 4.74 Å². The SMILES string of the molecule is CC1CCC2(CC1)OCCNC2C1CCC1. The molecule has 0 aromatic carbocycles. The molecule has 1 atom stereocenters. The maximum absolute atomic E-state index is 6.26. The fourth-order valence-electron chi connectivity index (χ4n) is 3.82. The first-order chi connectivity index (χ1) is 7.80. The predicted octanol–water partition coefficient (Wildman–Crippen LogP) is 2.72. The van der Waals surface area contributed by atoms with E-state index in [1.165, 1.54) is 44.9 Å². The molecule has 0 amide bonds. The standard InChI is InChI=1S/C14H25NO/c1-11-5-7-14(8-6-11)13(12-3-2-4-12)15-9-10-16-14/h11-13,15H,2-10H2,1H3. The Bertz CT molecular complexity index is 241. The smallest absolute Gasteiger partial charge is 0.0838 e. The van der Waals surface area contributed by atoms with Crippen LogP contribution in [0.25, 0.3) is 0 Å². The van der Waals surface area contributed by atoms with Gasteiger partial charge in [-0.1, -0.05) is 13.3 Å². The van der Waals surface area contributed by atoms with Gasteiger partial charge in [-0.15, -0.1) is 0 Å². The average molecular weight is 223 g/mol. The van der Waals surface area contributed by atoms with Crippen LogP contribution in [0.3, 0.4) is 0 Å². The van der Waals surface area contributed by atoms with Crippen molar-refractivity contribution in [3.63, 3.8) is 0 Å². The lowest BCUT2D eigenvalue weighted by Crippen LogP contribution is -2.63. The van der Waals surface area contributed by atoms with E-state index in [-0.39, 0.29) is 5.60 Å². The first kappa shape index (κ1) is 11.0. The minimum Gasteiger partial charge on any atom is -0.372 e. The van der Waals surface area contributed by atoms with Crippen LogP contribution < -0.4 is 5.32 Å². The highest BCUT2D eigenvalue weighted by atomic mass is 16.5. The van der Waals surface area contributed by atoms with Crippen LogP contribution >= 0.6 is 0 Å². The van der Waals surface area contributed by atoms with Gasteiger partial charge in [0.25, 0.3) is 0 Å². The molecule has 1 heterocycles. The van der Waals surface area contributed by atoms with Crippen molar-refractivity contribution in [1.82, 2.24) is 5.32 Å². The molecule has 1 unspecified atom stereocenters. The predicted molar refractivity (Wildman–Crippen MR) is 65.4 cm³/mol. The van der Waals surface area contributed by atoms with Crippen LogP contribution in [0.5, 0.6) is 0 Å². The van der Waals surface area contributed by atoms with E-state index in [9.17, 15) is 0 Å². The number of hydrogen-bond acceptors (Lipinski definition) is 2. The van der Waals surface area contributed by atoms with Crippen molar-refractivity contribution in [2.24, 2.45) is 11.8 Å². The molecule has 3 aliphatic rings. The summed E-state index contributed by atoms with van der Waals surface area (Å²) in [6.45, 7) is 4.39. The van der Waals surface area contributed by atoms with E-state index in [0.717, 1.165) is 25.0 Å². The number of nitrogens with one attached hydrogen (secondary N) is 1. The highest BCUT2D eigenvalue weighted by molar-refractivity contribution is 5.03. The summed E-state index contributed by atoms with van der Waals surface area (Å²) in [6, 6.07) is 0.669. The summed E-state index contributed by atoms with van der Waals surface area (Å²) in [5.41, 5.74) is 0.218. The van der Waals surface area contributed by atoms with Gasteiger partial charge in [-0.2, -0.15) is 0 Å². The summed E-state index contributed by atoms with van der Waals surface area (Å²) in [4.78, 5) is 0. The largest absolute Gasteiger partial charge is 0.372 e. The van der Waals surface area contributed by atoms with Gasteiger partial charge in [0.1, 0.15) is 0 Å². The molecule has 3 rings (SSSR count). The second-order valence-electron chi connectivity index (χ2n) is 6.22. The Morgan fingerprint density at radius 3 is 2.50 bits per heavy atom. The van der Waals surface area contributed by atoms with Gasteiger partial charge in [0.05, 0.1) is 12.2 Å². The molecule has 3 fully saturated rings. The fourth-order valence-corrected chi connectivity index (χ4v) is 3.82. The fraction of sp³-hybridized carbons (Fsp3) is 1.00. The van der Waals surface area contributed by atoms with Crippen molar-refractivity contribution in [3.8, 4) is 0 Å². The normalized spacial score (nSPS) is 45.6. The first-order valence-electron chi connectivity index (χ1n) is 7.17. The molecule has 2 heteroatoms. The molecule has 2 aliphatic carbocycles. The van der Waals surface area contributed by atoms with Crippen LogP contribution in [0.4, 0.5) is 0 Å². The summed E-state index contributed by atoms with van der Waals surface area (Å²) in [5.74, 6) is 1.83. The molecule has 1 aliphatic heterocycles. The third kappa shape index (κ3) is 1.80. The first-order valence-corrected chi connectivity index (χ1v) is 7.17. The van der Waals surface area contributed by atoms with Crippen LogP contribution in [0.2, 0.25) is 0 Å².